The number of likely N-dealkylation sites (N-methyl/N-ethyl adjacent to an activating group) is 2. The van der Waals surface area contributed by atoms with Crippen molar-refractivity contribution in [2.75, 3.05) is 69.9 Å². The number of ether oxygens (including phenoxy) is 1. The van der Waals surface area contributed by atoms with Crippen molar-refractivity contribution in [2.45, 2.75) is 6.42 Å². The van der Waals surface area contributed by atoms with Crippen LogP contribution in [0.3, 0.4) is 0 Å². The van der Waals surface area contributed by atoms with Crippen LogP contribution in [-0.2, 0) is 10.0 Å². The summed E-state index contributed by atoms with van der Waals surface area (Å²) in [6.07, 6.45) is 0.492. The van der Waals surface area contributed by atoms with Gasteiger partial charge in [-0.15, -0.1) is 4.47 Å². The minimum Gasteiger partial charge on any atom is -0.495 e. The number of hydrogen-bond acceptors (Lipinski definition) is 6. The van der Waals surface area contributed by atoms with Crippen LogP contribution in [0.4, 0.5) is 11.4 Å². The molecule has 0 spiro atoms. The summed E-state index contributed by atoms with van der Waals surface area (Å²) in [7, 11) is 1.87. The lowest BCUT2D eigenvalue weighted by molar-refractivity contribution is -0.913. The smallest absolute Gasteiger partial charge is 0.257 e. The fraction of sp³-hybridized carbons (Fsp3) is 0.625. The van der Waals surface area contributed by atoms with E-state index in [1.165, 1.54) is 25.3 Å². The highest BCUT2D eigenvalue weighted by Crippen LogP contribution is 2.28. The van der Waals surface area contributed by atoms with Gasteiger partial charge in [-0.3, -0.25) is 10.1 Å². The molecule has 0 atom stereocenters. The minimum atomic E-state index is -3.82. The molecule has 1 aromatic carbocycles. The Morgan fingerprint density at radius 3 is 2.60 bits per heavy atom. The summed E-state index contributed by atoms with van der Waals surface area (Å²) in [5, 5.41) is 10.1. The van der Waals surface area contributed by atoms with E-state index in [9.17, 15) is 13.6 Å². The Bertz CT molecular complexity index is 687. The maximum Gasteiger partial charge on any atom is 0.257 e. The zero-order chi connectivity index (χ0) is 18.7. The highest BCUT2D eigenvalue weighted by molar-refractivity contribution is 7.92. The van der Waals surface area contributed by atoms with Gasteiger partial charge in [0.1, 0.15) is 5.75 Å². The fourth-order valence-corrected chi connectivity index (χ4v) is 4.07. The summed E-state index contributed by atoms with van der Waals surface area (Å²) >= 11 is 0. The van der Waals surface area contributed by atoms with Crippen LogP contribution in [0, 0.1) is 0 Å². The van der Waals surface area contributed by atoms with Crippen molar-refractivity contribution in [3.05, 3.63) is 18.2 Å². The molecule has 0 aromatic heterocycles. The lowest BCUT2D eigenvalue weighted by atomic mass is 10.2. The third kappa shape index (κ3) is 4.97. The first-order valence-electron chi connectivity index (χ1n) is 8.34. The van der Waals surface area contributed by atoms with Crippen molar-refractivity contribution in [2.24, 2.45) is 0 Å². The van der Waals surface area contributed by atoms with Gasteiger partial charge in [0.25, 0.3) is 10.0 Å². The van der Waals surface area contributed by atoms with Crippen molar-refractivity contribution in [1.29, 1.82) is 0 Å². The van der Waals surface area contributed by atoms with Crippen LogP contribution in [0.2, 0.25) is 0 Å². The third-order valence-electron chi connectivity index (χ3n) is 4.84. The topological polar surface area (TPSA) is 96.1 Å². The van der Waals surface area contributed by atoms with E-state index in [0.29, 0.717) is 22.3 Å². The molecule has 3 N–H and O–H groups in total. The molecule has 25 heavy (non-hydrogen) atoms. The van der Waals surface area contributed by atoms with E-state index in [2.05, 4.69) is 19.0 Å². The molecule has 1 heterocycles. The molecule has 1 fully saturated rings. The second-order valence-electron chi connectivity index (χ2n) is 6.93. The van der Waals surface area contributed by atoms with Crippen LogP contribution in [-0.4, -0.2) is 82.7 Å². The lowest BCUT2D eigenvalue weighted by Crippen LogP contribution is -2.56. The summed E-state index contributed by atoms with van der Waals surface area (Å²) < 4.78 is 31.1. The fourth-order valence-electron chi connectivity index (χ4n) is 2.97. The first-order valence-corrected chi connectivity index (χ1v) is 9.95. The number of quaternary nitrogens is 1. The van der Waals surface area contributed by atoms with E-state index in [1.54, 1.807) is 0 Å². The summed E-state index contributed by atoms with van der Waals surface area (Å²) in [5.74, 6) is 0.210. The van der Waals surface area contributed by atoms with E-state index in [1.807, 2.05) is 0 Å². The number of nitrogen functional groups attached to an aromatic ring is 1. The highest BCUT2D eigenvalue weighted by Gasteiger charge is 2.28. The molecular weight excluding hydrogens is 344 g/mol. The van der Waals surface area contributed by atoms with E-state index in [4.69, 9.17) is 10.5 Å². The summed E-state index contributed by atoms with van der Waals surface area (Å²) in [4.78, 5) is 2.28. The van der Waals surface area contributed by atoms with Crippen molar-refractivity contribution in [3.8, 4) is 5.75 Å². The Morgan fingerprint density at radius 1 is 1.36 bits per heavy atom. The highest BCUT2D eigenvalue weighted by atomic mass is 32.2. The predicted molar refractivity (Wildman–Crippen MR) is 98.4 cm³/mol. The second kappa shape index (κ2) is 7.77. The molecule has 0 amide bonds. The monoisotopic (exact) mass is 373 g/mol. The van der Waals surface area contributed by atoms with Crippen LogP contribution in [0.15, 0.2) is 18.2 Å². The second-order valence-corrected chi connectivity index (χ2v) is 8.85. The molecule has 9 heteroatoms. The number of nitrogens with two attached hydrogens (primary N) is 1. The van der Waals surface area contributed by atoms with E-state index in [0.717, 1.165) is 37.2 Å². The molecule has 1 aliphatic heterocycles. The van der Waals surface area contributed by atoms with E-state index >= 15 is 0 Å². The quantitative estimate of drug-likeness (QED) is 0.412. The number of benzene rings is 1. The third-order valence-corrected chi connectivity index (χ3v) is 6.39. The first-order chi connectivity index (χ1) is 11.7. The number of sulfonamides is 1. The lowest BCUT2D eigenvalue weighted by Gasteiger charge is -2.41. The maximum atomic E-state index is 12.4. The van der Waals surface area contributed by atoms with Crippen LogP contribution >= 0.6 is 0 Å². The molecule has 0 bridgehead atoms. The van der Waals surface area contributed by atoms with Gasteiger partial charge < -0.3 is 15.0 Å². The molecular formula is C16H29N4O4S+. The van der Waals surface area contributed by atoms with Gasteiger partial charge in [-0.05, 0) is 19.2 Å². The summed E-state index contributed by atoms with van der Waals surface area (Å²) in [6, 6.07) is 4.36. The van der Waals surface area contributed by atoms with Gasteiger partial charge in [0.15, 0.2) is 0 Å². The molecule has 0 aliphatic carbocycles. The number of methoxy groups -OCH3 is 1. The standard InChI is InChI=1S/C16H29N4O4S/c1-18-7-10-20(2,11-8-18)9-4-12-25(22,23)19(21)14-5-6-15(17)16(13-14)24-3/h5-6,13,21H,4,7-12,17H2,1-3H3/q+1. The number of hydrogen-bond donors (Lipinski definition) is 2. The van der Waals surface area contributed by atoms with Crippen LogP contribution < -0.4 is 14.9 Å². The Kier molecular flexibility index (Phi) is 6.15. The van der Waals surface area contributed by atoms with Crippen LogP contribution in [0.5, 0.6) is 5.75 Å². The Labute approximate surface area is 150 Å². The zero-order valence-electron chi connectivity index (χ0n) is 15.2. The molecule has 1 saturated heterocycles. The van der Waals surface area contributed by atoms with Gasteiger partial charge in [-0.2, -0.15) is 0 Å². The predicted octanol–water partition coefficient (Wildman–Crippen LogP) is 0.585. The van der Waals surface area contributed by atoms with Crippen LogP contribution in [0.25, 0.3) is 0 Å². The van der Waals surface area contributed by atoms with Gasteiger partial charge in [0.2, 0.25) is 0 Å². The summed E-state index contributed by atoms with van der Waals surface area (Å²) in [5.41, 5.74) is 6.21. The van der Waals surface area contributed by atoms with E-state index in [-0.39, 0.29) is 11.4 Å². The number of nitrogens with zero attached hydrogens (tertiary/aromatic N) is 3. The molecule has 1 aliphatic rings. The van der Waals surface area contributed by atoms with Gasteiger partial charge in [-0.25, -0.2) is 8.42 Å². The average molecular weight is 373 g/mol. The SMILES string of the molecule is COc1cc(N(O)S(=O)(=O)CCC[N+]2(C)CCN(C)CC2)ccc1N. The zero-order valence-corrected chi connectivity index (χ0v) is 16.0. The van der Waals surface area contributed by atoms with Gasteiger partial charge in [0, 0.05) is 25.6 Å². The molecule has 0 unspecified atom stereocenters. The number of anilines is 2. The average Bonchev–Trinajstić information content (AvgIpc) is 2.57. The van der Waals surface area contributed by atoms with Gasteiger partial charge >= 0.3 is 0 Å². The maximum absolute atomic E-state index is 12.4. The van der Waals surface area contributed by atoms with Crippen molar-refractivity contribution in [1.82, 2.24) is 4.90 Å². The molecule has 0 saturated carbocycles. The van der Waals surface area contributed by atoms with Gasteiger partial charge in [0.05, 0.1) is 50.9 Å². The normalized spacial score (nSPS) is 18.1. The number of rotatable bonds is 7. The van der Waals surface area contributed by atoms with Crippen molar-refractivity contribution in [3.63, 3.8) is 0 Å². The Hall–Kier alpha value is -1.55. The van der Waals surface area contributed by atoms with Gasteiger partial charge in [-0.1, -0.05) is 0 Å². The summed E-state index contributed by atoms with van der Waals surface area (Å²) in [6.45, 7) is 4.82. The molecule has 8 nitrogen and oxygen atoms in total. The first kappa shape index (κ1) is 19.8. The molecule has 142 valence electrons. The largest absolute Gasteiger partial charge is 0.495 e. The van der Waals surface area contributed by atoms with E-state index < -0.39 is 10.0 Å². The number of piperazine rings is 1. The Balaban J connectivity index is 1.96. The van der Waals surface area contributed by atoms with Crippen molar-refractivity contribution < 1.29 is 22.8 Å². The Morgan fingerprint density at radius 2 is 2.00 bits per heavy atom. The molecule has 1 aromatic rings. The minimum absolute atomic E-state index is 0.111. The molecule has 2 rings (SSSR count). The molecule has 0 radical (unpaired) electrons. The van der Waals surface area contributed by atoms with Crippen molar-refractivity contribution >= 4 is 21.4 Å². The van der Waals surface area contributed by atoms with Crippen LogP contribution in [0.1, 0.15) is 6.42 Å².